The number of halogens is 1. The van der Waals surface area contributed by atoms with Crippen molar-refractivity contribution in [1.29, 1.82) is 0 Å². The molecule has 0 spiro atoms. The van der Waals surface area contributed by atoms with Crippen LogP contribution < -0.4 is 4.74 Å². The van der Waals surface area contributed by atoms with E-state index in [1.54, 1.807) is 38.6 Å². The number of rotatable bonds is 23. The number of allylic oxidation sites excluding steroid dienone is 3. The summed E-state index contributed by atoms with van der Waals surface area (Å²) in [5.41, 5.74) is 3.20. The highest BCUT2D eigenvalue weighted by Gasteiger charge is 2.49. The van der Waals surface area contributed by atoms with E-state index in [9.17, 15) is 30.0 Å². The summed E-state index contributed by atoms with van der Waals surface area (Å²) >= 11 is 3.31. The van der Waals surface area contributed by atoms with Gasteiger partial charge in [-0.1, -0.05) is 41.3 Å². The maximum atomic E-state index is 14.1. The summed E-state index contributed by atoms with van der Waals surface area (Å²) in [5.74, 6) is -2.67. The van der Waals surface area contributed by atoms with E-state index in [0.717, 1.165) is 22.7 Å². The molecule has 2 fully saturated rings. The number of aliphatic hydroxyl groups is 4. The zero-order valence-electron chi connectivity index (χ0n) is 47.0. The number of ether oxygens (including phenoxy) is 10. The number of ketones is 1. The molecule has 5 heterocycles. The van der Waals surface area contributed by atoms with Crippen LogP contribution in [0.25, 0.3) is 11.3 Å². The van der Waals surface area contributed by atoms with Crippen LogP contribution in [-0.2, 0) is 65.2 Å². The number of carbonyl (C=O) groups is 2. The molecule has 0 aliphatic carbocycles. The standard InChI is InChI=1S/C55H83IN6O16S/c1-11-71-45(72-12-2)26-37-25-32(4)42(63)19-14-31(3)24-38(29-74-55-52(70-10)51(69-9)48(67)35(7)76-55)53(56)77-44(65)27-43(64)33(5)50(37)78-54-49(68)46(47(66)34(6)75-54)61(8)22-20-39-28-62(59-57-39)21-13-23-73-40-17-15-36(16-18-40)41-30-79-60-58-41/h14-19,24,28,30,32-35,37-38,43,45-55,64,66-68H,11-13,20-23,25-27,29H2,1-10H3/b19-14+,31-24+/t32-,33+,34?,35?,37-,38-,43-,46?,47?,48?,49?,50-,51?,52?,53+,54?,55?/m1/s1. The normalized spacial score (nSPS) is 33.6. The Morgan fingerprint density at radius 1 is 0.899 bits per heavy atom. The van der Waals surface area contributed by atoms with Crippen molar-refractivity contribution in [2.75, 3.05) is 54.2 Å². The Kier molecular flexibility index (Phi) is 26.1. The van der Waals surface area contributed by atoms with Crippen LogP contribution in [0.5, 0.6) is 5.75 Å². The fraction of sp³-hybridized carbons (Fsp3) is 0.709. The Morgan fingerprint density at radius 2 is 1.59 bits per heavy atom. The average Bonchev–Trinajstić information content (AvgIpc) is 4.19. The number of methoxy groups -OCH3 is 2. The number of carbonyl (C=O) groups excluding carboxylic acids is 2. The Hall–Kier alpha value is -3.45. The van der Waals surface area contributed by atoms with E-state index in [-0.39, 0.29) is 25.2 Å². The van der Waals surface area contributed by atoms with E-state index in [1.807, 2.05) is 97.1 Å². The molecule has 0 saturated carbocycles. The molecule has 6 rings (SSSR count). The van der Waals surface area contributed by atoms with E-state index < -0.39 is 120 Å². The molecule has 2 aromatic heterocycles. The molecular formula is C55H83IN6O16S. The van der Waals surface area contributed by atoms with E-state index in [0.29, 0.717) is 51.3 Å². The molecule has 22 nitrogen and oxygen atoms in total. The third-order valence-electron chi connectivity index (χ3n) is 14.9. The first-order valence-electron chi connectivity index (χ1n) is 27.3. The molecule has 0 radical (unpaired) electrons. The lowest BCUT2D eigenvalue weighted by Gasteiger charge is -2.47. The van der Waals surface area contributed by atoms with Crippen LogP contribution in [0.2, 0.25) is 0 Å². The van der Waals surface area contributed by atoms with Crippen molar-refractivity contribution in [3.05, 3.63) is 65.3 Å². The van der Waals surface area contributed by atoms with Crippen molar-refractivity contribution in [2.45, 2.75) is 171 Å². The van der Waals surface area contributed by atoms with Gasteiger partial charge in [0.2, 0.25) is 0 Å². The fourth-order valence-corrected chi connectivity index (χ4v) is 11.5. The van der Waals surface area contributed by atoms with Gasteiger partial charge >= 0.3 is 5.97 Å². The smallest absolute Gasteiger partial charge is 0.309 e. The number of likely N-dealkylation sites (N-methyl/N-ethyl adjacent to an activating group) is 1. The number of aliphatic hydroxyl groups excluding tert-OH is 4. The first-order chi connectivity index (χ1) is 37.8. The summed E-state index contributed by atoms with van der Waals surface area (Å²) in [5, 5.41) is 61.4. The number of esters is 1. The second-order valence-corrected chi connectivity index (χ2v) is 22.5. The molecule has 10 unspecified atom stereocenters. The maximum Gasteiger partial charge on any atom is 0.309 e. The van der Waals surface area contributed by atoms with Crippen molar-refractivity contribution in [1.82, 2.24) is 29.5 Å². The highest BCUT2D eigenvalue weighted by Crippen LogP contribution is 2.37. The topological polar surface area (TPSA) is 267 Å². The third kappa shape index (κ3) is 18.3. The lowest BCUT2D eigenvalue weighted by molar-refractivity contribution is -0.307. The number of alkyl halides is 1. The van der Waals surface area contributed by atoms with Gasteiger partial charge in [-0.05, 0) is 118 Å². The molecule has 4 N–H and O–H groups in total. The molecule has 3 aromatic rings. The summed E-state index contributed by atoms with van der Waals surface area (Å²) < 4.78 is 65.6. The van der Waals surface area contributed by atoms with Gasteiger partial charge in [0.25, 0.3) is 0 Å². The van der Waals surface area contributed by atoms with Gasteiger partial charge in [0.15, 0.2) is 28.8 Å². The predicted octanol–water partition coefficient (Wildman–Crippen LogP) is 4.94. The van der Waals surface area contributed by atoms with Crippen molar-refractivity contribution in [2.24, 2.45) is 23.7 Å². The maximum absolute atomic E-state index is 14.1. The molecular weight excluding hydrogens is 1160 g/mol. The Bertz CT molecular complexity index is 2350. The van der Waals surface area contributed by atoms with E-state index in [1.165, 1.54) is 31.8 Å². The summed E-state index contributed by atoms with van der Waals surface area (Å²) in [4.78, 5) is 29.9. The zero-order valence-corrected chi connectivity index (χ0v) is 50.0. The van der Waals surface area contributed by atoms with Gasteiger partial charge in [-0.15, -0.1) is 10.2 Å². The number of aryl methyl sites for hydroxylation is 1. The molecule has 0 amide bonds. The monoisotopic (exact) mass is 1240 g/mol. The quantitative estimate of drug-likeness (QED) is 0.0322. The molecule has 2 saturated heterocycles. The minimum Gasteiger partial charge on any atom is -0.494 e. The minimum atomic E-state index is -1.40. The van der Waals surface area contributed by atoms with E-state index >= 15 is 0 Å². The zero-order chi connectivity index (χ0) is 57.3. The van der Waals surface area contributed by atoms with Crippen LogP contribution in [0.4, 0.5) is 0 Å². The predicted molar refractivity (Wildman–Crippen MR) is 299 cm³/mol. The van der Waals surface area contributed by atoms with Crippen LogP contribution in [-0.4, -0.2) is 200 Å². The highest BCUT2D eigenvalue weighted by atomic mass is 127. The summed E-state index contributed by atoms with van der Waals surface area (Å²) in [6.45, 7) is 14.6. The van der Waals surface area contributed by atoms with Gasteiger partial charge in [-0.3, -0.25) is 19.2 Å². The van der Waals surface area contributed by atoms with E-state index in [2.05, 4.69) is 19.9 Å². The molecule has 3 aliphatic heterocycles. The first kappa shape index (κ1) is 64.7. The van der Waals surface area contributed by atoms with Crippen molar-refractivity contribution in [3.63, 3.8) is 0 Å². The number of hydrogen-bond donors (Lipinski definition) is 4. The van der Waals surface area contributed by atoms with Crippen molar-refractivity contribution >= 4 is 45.9 Å². The molecule has 24 heteroatoms. The lowest BCUT2D eigenvalue weighted by Crippen LogP contribution is -2.64. The molecule has 1 aromatic carbocycles. The average molecular weight is 1240 g/mol. The molecule has 0 bridgehead atoms. The first-order valence-corrected chi connectivity index (χ1v) is 29.4. The number of hydrogen-bond acceptors (Lipinski definition) is 22. The summed E-state index contributed by atoms with van der Waals surface area (Å²) in [6, 6.07) is 6.84. The van der Waals surface area contributed by atoms with Gasteiger partial charge in [-0.2, -0.15) is 0 Å². The molecule has 3 aliphatic rings. The highest BCUT2D eigenvalue weighted by molar-refractivity contribution is 14.1. The fourth-order valence-electron chi connectivity index (χ4n) is 10.3. The summed E-state index contributed by atoms with van der Waals surface area (Å²) in [7, 11) is 4.74. The van der Waals surface area contributed by atoms with Crippen LogP contribution in [0, 0.1) is 23.7 Å². The molecule has 79 heavy (non-hydrogen) atoms. The van der Waals surface area contributed by atoms with Gasteiger partial charge in [0.05, 0.1) is 61.9 Å². The summed E-state index contributed by atoms with van der Waals surface area (Å²) in [6.07, 6.45) is -3.66. The van der Waals surface area contributed by atoms with Gasteiger partial charge < -0.3 is 67.8 Å². The van der Waals surface area contributed by atoms with Crippen LogP contribution in [0.3, 0.4) is 0 Å². The second-order valence-electron chi connectivity index (χ2n) is 20.7. The Labute approximate surface area is 481 Å². The molecule has 17 atom stereocenters. The minimum absolute atomic E-state index is 0.0197. The largest absolute Gasteiger partial charge is 0.494 e. The number of aromatic nitrogens is 5. The SMILES string of the molecule is CCOC(C[C@H]1C[C@@H](C)C(=O)/C=C/C(C)=C/[C@H](COC2OC(C)C(O)C(OC)C2OC)[C@@H](I)OC(=O)C[C@@H](O)[C@H](C)[C@H]1OC1OC(C)C(O)C(N(C)CCc2cn(CCCOc3ccc(-c4csnn4)cc3)nn2)C1O)OCC. The number of benzene rings is 1. The van der Waals surface area contributed by atoms with Crippen LogP contribution >= 0.6 is 34.1 Å². The van der Waals surface area contributed by atoms with Gasteiger partial charge in [0.1, 0.15) is 35.9 Å². The van der Waals surface area contributed by atoms with Crippen molar-refractivity contribution < 1.29 is 77.4 Å². The Morgan fingerprint density at radius 3 is 2.27 bits per heavy atom. The second kappa shape index (κ2) is 31.8. The third-order valence-corrected chi connectivity index (χ3v) is 16.5. The van der Waals surface area contributed by atoms with Crippen LogP contribution in [0.15, 0.2) is 59.6 Å². The van der Waals surface area contributed by atoms with E-state index in [4.69, 9.17) is 47.4 Å². The van der Waals surface area contributed by atoms with Crippen LogP contribution in [0.1, 0.15) is 79.8 Å². The number of cyclic esters (lactones) is 1. The van der Waals surface area contributed by atoms with Gasteiger partial charge in [-0.25, -0.2) is 0 Å². The van der Waals surface area contributed by atoms with Gasteiger partial charge in [0, 0.05) is 94.7 Å². The Balaban J connectivity index is 1.16. The lowest BCUT2D eigenvalue weighted by atomic mass is 9.79. The van der Waals surface area contributed by atoms with Crippen molar-refractivity contribution in [3.8, 4) is 17.0 Å². The number of nitrogens with zero attached hydrogens (tertiary/aromatic N) is 6. The molecule has 442 valence electrons.